The number of amides is 3. The normalized spacial score (nSPS) is 11.7. The van der Waals surface area contributed by atoms with Crippen LogP contribution in [0.4, 0.5) is 5.69 Å². The number of anilines is 1. The molecular formula is C21H26N6O7S. The van der Waals surface area contributed by atoms with E-state index in [0.29, 0.717) is 11.3 Å². The van der Waals surface area contributed by atoms with Crippen molar-refractivity contribution in [3.8, 4) is 0 Å². The molecule has 13 nitrogen and oxygen atoms in total. The van der Waals surface area contributed by atoms with Crippen LogP contribution >= 0.6 is 0 Å². The van der Waals surface area contributed by atoms with E-state index in [-0.39, 0.29) is 23.8 Å². The molecule has 2 rings (SSSR count). The van der Waals surface area contributed by atoms with Crippen LogP contribution in [-0.4, -0.2) is 56.3 Å². The molecule has 0 saturated carbocycles. The first-order valence-corrected chi connectivity index (χ1v) is 11.8. The molecule has 0 aliphatic heterocycles. The molecule has 2 aromatic carbocycles. The summed E-state index contributed by atoms with van der Waals surface area (Å²) >= 11 is 0. The number of benzene rings is 2. The van der Waals surface area contributed by atoms with Crippen molar-refractivity contribution >= 4 is 39.4 Å². The van der Waals surface area contributed by atoms with Gasteiger partial charge in [0, 0.05) is 32.0 Å². The van der Waals surface area contributed by atoms with E-state index < -0.39 is 40.4 Å². The molecule has 0 radical (unpaired) electrons. The summed E-state index contributed by atoms with van der Waals surface area (Å²) in [5, 5.41) is 14.2. The molecule has 0 aromatic heterocycles. The highest BCUT2D eigenvalue weighted by Crippen LogP contribution is 2.09. The summed E-state index contributed by atoms with van der Waals surface area (Å²) in [6.45, 7) is 0.831. The van der Waals surface area contributed by atoms with Crippen LogP contribution in [0.3, 0.4) is 0 Å². The Labute approximate surface area is 201 Å². The van der Waals surface area contributed by atoms with E-state index in [0.717, 1.165) is 0 Å². The number of sulfonamides is 1. The molecule has 0 fully saturated rings. The summed E-state index contributed by atoms with van der Waals surface area (Å²) in [6, 6.07) is 11.9. The number of carboxylic acids is 1. The Morgan fingerprint density at radius 1 is 0.943 bits per heavy atom. The van der Waals surface area contributed by atoms with Gasteiger partial charge in [-0.15, -0.1) is 5.53 Å². The quantitative estimate of drug-likeness (QED) is 0.172. The fraction of sp³-hybridized carbons (Fsp3) is 0.238. The summed E-state index contributed by atoms with van der Waals surface area (Å²) in [5.41, 5.74) is 8.43. The van der Waals surface area contributed by atoms with E-state index >= 15 is 0 Å². The minimum Gasteiger partial charge on any atom is -0.480 e. The number of carbonyl (C=O) groups excluding carboxylic acids is 3. The highest BCUT2D eigenvalue weighted by Gasteiger charge is 2.25. The first-order valence-electron chi connectivity index (χ1n) is 10.3. The molecule has 14 heteroatoms. The van der Waals surface area contributed by atoms with Crippen LogP contribution in [0.1, 0.15) is 23.7 Å². The maximum atomic E-state index is 12.3. The Kier molecular flexibility index (Phi) is 10.1. The molecule has 7 N–H and O–H groups in total. The summed E-state index contributed by atoms with van der Waals surface area (Å²) < 4.78 is 26.7. The first-order chi connectivity index (χ1) is 16.6. The van der Waals surface area contributed by atoms with Crippen LogP contribution < -0.4 is 31.7 Å². The average Bonchev–Trinajstić information content (AvgIpc) is 2.82. The summed E-state index contributed by atoms with van der Waals surface area (Å²) in [6.07, 6.45) is -0.149. The van der Waals surface area contributed by atoms with Crippen LogP contribution in [0.25, 0.3) is 0 Å². The second-order valence-electron chi connectivity index (χ2n) is 7.14. The molecule has 3 amide bonds. The monoisotopic (exact) mass is 506 g/mol. The van der Waals surface area contributed by atoms with Crippen molar-refractivity contribution < 1.29 is 32.7 Å². The zero-order valence-corrected chi connectivity index (χ0v) is 19.5. The lowest BCUT2D eigenvalue weighted by Gasteiger charge is -2.15. The second-order valence-corrected chi connectivity index (χ2v) is 8.86. The standard InChI is InChI=1S/C21H26N6O7S/c1-14(28)24-27-25-16-9-7-15(8-10-16)20(30)22-12-11-19(29)23-13-18(21(31)32)26-35(33,34)17-5-3-2-4-6-17/h2-10,18,25-27H,11-13H2,1H3,(H,22,30)(H,23,29)(H,24,28)(H,31,32)/t18-/m0/s1. The van der Waals surface area contributed by atoms with Gasteiger partial charge in [-0.1, -0.05) is 18.2 Å². The van der Waals surface area contributed by atoms with Crippen molar-refractivity contribution in [2.24, 2.45) is 0 Å². The SMILES string of the molecule is CC(=O)NNNc1ccc(C(=O)NCCC(=O)NC[C@H](NS(=O)(=O)c2ccccc2)C(=O)O)cc1. The van der Waals surface area contributed by atoms with Gasteiger partial charge < -0.3 is 21.2 Å². The number of aliphatic carboxylic acids is 1. The van der Waals surface area contributed by atoms with E-state index in [9.17, 15) is 32.7 Å². The van der Waals surface area contributed by atoms with Crippen LogP contribution in [0, 0.1) is 0 Å². The number of rotatable bonds is 13. The topological polar surface area (TPSA) is 195 Å². The highest BCUT2D eigenvalue weighted by atomic mass is 32.2. The third-order valence-electron chi connectivity index (χ3n) is 4.38. The van der Waals surface area contributed by atoms with Crippen molar-refractivity contribution in [2.75, 3.05) is 18.5 Å². The number of hydrogen-bond acceptors (Lipinski definition) is 8. The van der Waals surface area contributed by atoms with Gasteiger partial charge in [-0.2, -0.15) is 4.72 Å². The molecule has 0 spiro atoms. The van der Waals surface area contributed by atoms with Crippen molar-refractivity contribution in [2.45, 2.75) is 24.3 Å². The van der Waals surface area contributed by atoms with Crippen LogP contribution in [-0.2, 0) is 24.4 Å². The lowest BCUT2D eigenvalue weighted by atomic mass is 10.2. The van der Waals surface area contributed by atoms with Crippen molar-refractivity contribution in [3.05, 3.63) is 60.2 Å². The predicted octanol–water partition coefficient (Wildman–Crippen LogP) is -0.678. The molecule has 0 aliphatic carbocycles. The zero-order valence-electron chi connectivity index (χ0n) is 18.7. The van der Waals surface area contributed by atoms with Crippen molar-refractivity contribution in [1.29, 1.82) is 0 Å². The van der Waals surface area contributed by atoms with Gasteiger partial charge in [0.1, 0.15) is 6.04 Å². The molecule has 0 heterocycles. The summed E-state index contributed by atoms with van der Waals surface area (Å²) in [5.74, 6) is -2.75. The van der Waals surface area contributed by atoms with E-state index in [2.05, 4.69) is 27.0 Å². The fourth-order valence-electron chi connectivity index (χ4n) is 2.63. The number of hydrazine groups is 2. The Balaban J connectivity index is 1.77. The van der Waals surface area contributed by atoms with Gasteiger partial charge >= 0.3 is 5.97 Å². The predicted molar refractivity (Wildman–Crippen MR) is 125 cm³/mol. The van der Waals surface area contributed by atoms with E-state index in [4.69, 9.17) is 0 Å². The van der Waals surface area contributed by atoms with Crippen LogP contribution in [0.2, 0.25) is 0 Å². The van der Waals surface area contributed by atoms with Gasteiger partial charge in [-0.25, -0.2) is 8.42 Å². The summed E-state index contributed by atoms with van der Waals surface area (Å²) in [4.78, 5) is 46.4. The number of carbonyl (C=O) groups is 4. The molecule has 1 atom stereocenters. The molecule has 0 saturated heterocycles. The third kappa shape index (κ3) is 9.40. The average molecular weight is 507 g/mol. The fourth-order valence-corrected chi connectivity index (χ4v) is 3.84. The molecule has 2 aromatic rings. The van der Waals surface area contributed by atoms with Crippen molar-refractivity contribution in [3.63, 3.8) is 0 Å². The van der Waals surface area contributed by atoms with Gasteiger partial charge in [0.25, 0.3) is 5.91 Å². The largest absolute Gasteiger partial charge is 0.480 e. The number of carboxylic acid groups (broad SMARTS) is 1. The van der Waals surface area contributed by atoms with E-state index in [1.54, 1.807) is 18.2 Å². The Bertz CT molecular complexity index is 1140. The number of hydrogen-bond donors (Lipinski definition) is 7. The Hall–Kier alpha value is -4.01. The molecule has 0 bridgehead atoms. The Morgan fingerprint density at radius 3 is 2.20 bits per heavy atom. The maximum Gasteiger partial charge on any atom is 0.323 e. The molecule has 35 heavy (non-hydrogen) atoms. The molecule has 0 aliphatic rings. The maximum absolute atomic E-state index is 12.3. The second kappa shape index (κ2) is 13.0. The van der Waals surface area contributed by atoms with Gasteiger partial charge in [0.2, 0.25) is 21.8 Å². The molecular weight excluding hydrogens is 480 g/mol. The molecule has 188 valence electrons. The zero-order chi connectivity index (χ0) is 25.8. The lowest BCUT2D eigenvalue weighted by molar-refractivity contribution is -0.139. The molecule has 0 unspecified atom stereocenters. The smallest absolute Gasteiger partial charge is 0.323 e. The van der Waals surface area contributed by atoms with Gasteiger partial charge in [0.15, 0.2) is 0 Å². The van der Waals surface area contributed by atoms with Gasteiger partial charge in [-0.3, -0.25) is 24.6 Å². The van der Waals surface area contributed by atoms with E-state index in [1.165, 1.54) is 43.3 Å². The number of nitrogens with one attached hydrogen (secondary N) is 6. The minimum atomic E-state index is -4.09. The minimum absolute atomic E-state index is 0.0256. The first kappa shape index (κ1) is 27.2. The van der Waals surface area contributed by atoms with E-state index in [1.807, 2.05) is 4.72 Å². The van der Waals surface area contributed by atoms with Crippen LogP contribution in [0.15, 0.2) is 59.5 Å². The summed E-state index contributed by atoms with van der Waals surface area (Å²) in [7, 11) is -4.09. The van der Waals surface area contributed by atoms with Gasteiger partial charge in [-0.05, 0) is 36.4 Å². The van der Waals surface area contributed by atoms with Crippen LogP contribution in [0.5, 0.6) is 0 Å². The third-order valence-corrected chi connectivity index (χ3v) is 5.87. The Morgan fingerprint density at radius 2 is 1.60 bits per heavy atom. The van der Waals surface area contributed by atoms with Gasteiger partial charge in [0.05, 0.1) is 10.6 Å². The van der Waals surface area contributed by atoms with Crippen molar-refractivity contribution in [1.82, 2.24) is 26.3 Å². The highest BCUT2D eigenvalue weighted by molar-refractivity contribution is 7.89. The lowest BCUT2D eigenvalue weighted by Crippen LogP contribution is -2.48.